The molecule has 6 nitrogen and oxygen atoms in total. The molecular formula is C16H26N2O4. The molecule has 0 aliphatic carbocycles. The highest BCUT2D eigenvalue weighted by atomic mass is 16.4. The monoisotopic (exact) mass is 310 g/mol. The summed E-state index contributed by atoms with van der Waals surface area (Å²) in [6.07, 6.45) is 0.301. The molecule has 0 heterocycles. The zero-order valence-electron chi connectivity index (χ0n) is 13.8. The number of benzene rings is 1. The fourth-order valence-electron chi connectivity index (χ4n) is 1.30. The lowest BCUT2D eigenvalue weighted by molar-refractivity contribution is -0.141. The summed E-state index contributed by atoms with van der Waals surface area (Å²) in [7, 11) is 1.60. The molecule has 0 spiro atoms. The Morgan fingerprint density at radius 2 is 1.50 bits per heavy atom. The molecule has 0 aliphatic heterocycles. The number of hydrogen-bond donors (Lipinski definition) is 3. The fourth-order valence-corrected chi connectivity index (χ4v) is 1.30. The predicted molar refractivity (Wildman–Crippen MR) is 86.5 cm³/mol. The maximum absolute atomic E-state index is 10.8. The number of carbonyl (C=O) groups is 3. The van der Waals surface area contributed by atoms with Gasteiger partial charge >= 0.3 is 5.97 Å². The number of carbonyl (C=O) groups excluding carboxylic acids is 2. The Kier molecular flexibility index (Phi) is 13.6. The van der Waals surface area contributed by atoms with Gasteiger partial charge in [-0.3, -0.25) is 9.59 Å². The SMILES string of the molecule is CC.CC(=O)NC(Cc1ccccc1)C(=O)O.CNC(C)=O. The first-order valence-corrected chi connectivity index (χ1v) is 7.09. The third-order valence-corrected chi connectivity index (χ3v) is 2.31. The number of hydrogen-bond acceptors (Lipinski definition) is 3. The number of carboxylic acid groups (broad SMARTS) is 1. The zero-order chi connectivity index (χ0) is 17.5. The molecule has 22 heavy (non-hydrogen) atoms. The molecule has 3 N–H and O–H groups in total. The molecule has 1 rings (SSSR count). The minimum absolute atomic E-state index is 0.00463. The fraction of sp³-hybridized carbons (Fsp3) is 0.438. The number of amides is 2. The van der Waals surface area contributed by atoms with Crippen LogP contribution in [-0.2, 0) is 20.8 Å². The van der Waals surface area contributed by atoms with Gasteiger partial charge in [-0.25, -0.2) is 4.79 Å². The summed E-state index contributed by atoms with van der Waals surface area (Å²) in [6, 6.07) is 8.34. The molecule has 0 aliphatic rings. The smallest absolute Gasteiger partial charge is 0.326 e. The average molecular weight is 310 g/mol. The first-order valence-electron chi connectivity index (χ1n) is 7.09. The number of rotatable bonds is 4. The zero-order valence-corrected chi connectivity index (χ0v) is 13.8. The van der Waals surface area contributed by atoms with Crippen LogP contribution in [0.25, 0.3) is 0 Å². The Morgan fingerprint density at radius 3 is 1.82 bits per heavy atom. The van der Waals surface area contributed by atoms with Gasteiger partial charge in [0, 0.05) is 27.3 Å². The highest BCUT2D eigenvalue weighted by molar-refractivity contribution is 5.82. The van der Waals surface area contributed by atoms with Gasteiger partial charge in [0.25, 0.3) is 0 Å². The van der Waals surface area contributed by atoms with E-state index in [-0.39, 0.29) is 11.8 Å². The molecule has 0 aromatic heterocycles. The van der Waals surface area contributed by atoms with E-state index in [1.807, 2.05) is 44.2 Å². The predicted octanol–water partition coefficient (Wildman–Crippen LogP) is 1.60. The van der Waals surface area contributed by atoms with Gasteiger partial charge in [-0.1, -0.05) is 44.2 Å². The summed E-state index contributed by atoms with van der Waals surface area (Å²) < 4.78 is 0. The third kappa shape index (κ3) is 12.7. The van der Waals surface area contributed by atoms with Crippen molar-refractivity contribution < 1.29 is 19.5 Å². The Balaban J connectivity index is 0. The Bertz CT molecular complexity index is 447. The van der Waals surface area contributed by atoms with Crippen molar-refractivity contribution in [1.29, 1.82) is 0 Å². The second-order valence-corrected chi connectivity index (χ2v) is 4.09. The van der Waals surface area contributed by atoms with Gasteiger partial charge in [0.1, 0.15) is 6.04 Å². The molecule has 1 unspecified atom stereocenters. The molecule has 0 bridgehead atoms. The number of aliphatic carboxylic acids is 1. The topological polar surface area (TPSA) is 95.5 Å². The second-order valence-electron chi connectivity index (χ2n) is 4.09. The molecular weight excluding hydrogens is 284 g/mol. The lowest BCUT2D eigenvalue weighted by atomic mass is 10.1. The quantitative estimate of drug-likeness (QED) is 0.787. The van der Waals surface area contributed by atoms with Crippen molar-refractivity contribution in [3.8, 4) is 0 Å². The summed E-state index contributed by atoms with van der Waals surface area (Å²) in [6.45, 7) is 6.78. The van der Waals surface area contributed by atoms with Gasteiger partial charge < -0.3 is 15.7 Å². The minimum atomic E-state index is -1.02. The van der Waals surface area contributed by atoms with Gasteiger partial charge in [0.05, 0.1) is 0 Å². The van der Waals surface area contributed by atoms with E-state index in [2.05, 4.69) is 10.6 Å². The van der Waals surface area contributed by atoms with Crippen LogP contribution in [-0.4, -0.2) is 36.0 Å². The first-order chi connectivity index (χ1) is 10.4. The second kappa shape index (κ2) is 13.6. The van der Waals surface area contributed by atoms with Gasteiger partial charge in [0.15, 0.2) is 0 Å². The van der Waals surface area contributed by atoms with Crippen LogP contribution in [0.1, 0.15) is 33.3 Å². The van der Waals surface area contributed by atoms with E-state index in [1.165, 1.54) is 13.8 Å². The van der Waals surface area contributed by atoms with Crippen molar-refractivity contribution in [2.45, 2.75) is 40.2 Å². The highest BCUT2D eigenvalue weighted by Crippen LogP contribution is 2.03. The van der Waals surface area contributed by atoms with Crippen LogP contribution in [0.5, 0.6) is 0 Å². The minimum Gasteiger partial charge on any atom is -0.480 e. The van der Waals surface area contributed by atoms with Crippen molar-refractivity contribution in [2.24, 2.45) is 0 Å². The molecule has 6 heteroatoms. The van der Waals surface area contributed by atoms with Crippen molar-refractivity contribution in [2.75, 3.05) is 7.05 Å². The molecule has 0 radical (unpaired) electrons. The van der Waals surface area contributed by atoms with Crippen LogP contribution in [0.15, 0.2) is 30.3 Å². The first kappa shape index (κ1) is 21.9. The Morgan fingerprint density at radius 1 is 1.05 bits per heavy atom. The van der Waals surface area contributed by atoms with Gasteiger partial charge in [-0.2, -0.15) is 0 Å². The van der Waals surface area contributed by atoms with Crippen LogP contribution in [0.3, 0.4) is 0 Å². The van der Waals surface area contributed by atoms with Crippen molar-refractivity contribution in [3.63, 3.8) is 0 Å². The maximum Gasteiger partial charge on any atom is 0.326 e. The van der Waals surface area contributed by atoms with Gasteiger partial charge in [-0.15, -0.1) is 0 Å². The van der Waals surface area contributed by atoms with Crippen LogP contribution >= 0.6 is 0 Å². The lowest BCUT2D eigenvalue weighted by Gasteiger charge is -2.12. The Hall–Kier alpha value is -2.37. The molecule has 124 valence electrons. The summed E-state index contributed by atoms with van der Waals surface area (Å²) >= 11 is 0. The molecule has 1 atom stereocenters. The maximum atomic E-state index is 10.8. The molecule has 1 aromatic rings. The highest BCUT2D eigenvalue weighted by Gasteiger charge is 2.18. The van der Waals surface area contributed by atoms with E-state index in [0.717, 1.165) is 5.56 Å². The summed E-state index contributed by atoms with van der Waals surface area (Å²) in [5.41, 5.74) is 0.888. The lowest BCUT2D eigenvalue weighted by Crippen LogP contribution is -2.41. The van der Waals surface area contributed by atoms with E-state index < -0.39 is 12.0 Å². The van der Waals surface area contributed by atoms with E-state index in [1.54, 1.807) is 7.05 Å². The molecule has 1 aromatic carbocycles. The third-order valence-electron chi connectivity index (χ3n) is 2.31. The molecule has 2 amide bonds. The van der Waals surface area contributed by atoms with Crippen LogP contribution < -0.4 is 10.6 Å². The van der Waals surface area contributed by atoms with Crippen LogP contribution in [0, 0.1) is 0 Å². The van der Waals surface area contributed by atoms with Crippen molar-refractivity contribution >= 4 is 17.8 Å². The van der Waals surface area contributed by atoms with Gasteiger partial charge in [-0.05, 0) is 5.56 Å². The van der Waals surface area contributed by atoms with Crippen LogP contribution in [0.2, 0.25) is 0 Å². The van der Waals surface area contributed by atoms with Gasteiger partial charge in [0.2, 0.25) is 11.8 Å². The number of nitrogens with one attached hydrogen (secondary N) is 2. The summed E-state index contributed by atoms with van der Waals surface area (Å²) in [4.78, 5) is 31.3. The van der Waals surface area contributed by atoms with E-state index in [4.69, 9.17) is 5.11 Å². The summed E-state index contributed by atoms with van der Waals surface area (Å²) in [5.74, 6) is -1.35. The summed E-state index contributed by atoms with van der Waals surface area (Å²) in [5, 5.41) is 13.6. The van der Waals surface area contributed by atoms with E-state index in [9.17, 15) is 14.4 Å². The van der Waals surface area contributed by atoms with E-state index in [0.29, 0.717) is 6.42 Å². The standard InChI is InChI=1S/C11H13NO3.C3H7NO.C2H6/c1-8(13)12-10(11(14)15)7-9-5-3-2-4-6-9;1-3(5)4-2;1-2/h2-6,10H,7H2,1H3,(H,12,13)(H,14,15);1-2H3,(H,4,5);1-2H3. The molecule has 0 fully saturated rings. The van der Waals surface area contributed by atoms with Crippen molar-refractivity contribution in [1.82, 2.24) is 10.6 Å². The molecule has 0 saturated carbocycles. The molecule has 0 saturated heterocycles. The largest absolute Gasteiger partial charge is 0.480 e. The Labute approximate surface area is 131 Å². The van der Waals surface area contributed by atoms with Crippen molar-refractivity contribution in [3.05, 3.63) is 35.9 Å². The number of carboxylic acids is 1. The average Bonchev–Trinajstić information content (AvgIpc) is 2.49. The van der Waals surface area contributed by atoms with Crippen LogP contribution in [0.4, 0.5) is 0 Å². The van der Waals surface area contributed by atoms with E-state index >= 15 is 0 Å². The normalized spacial score (nSPS) is 9.86.